The number of benzene rings is 6. The van der Waals surface area contributed by atoms with E-state index >= 15 is 0 Å². The van der Waals surface area contributed by atoms with Crippen molar-refractivity contribution in [3.63, 3.8) is 0 Å². The molecule has 6 aromatic carbocycles. The van der Waals surface area contributed by atoms with Crippen LogP contribution >= 0.6 is 0 Å². The lowest BCUT2D eigenvalue weighted by Gasteiger charge is -2.21. The van der Waals surface area contributed by atoms with Gasteiger partial charge in [0, 0.05) is 22.4 Å². The van der Waals surface area contributed by atoms with Crippen LogP contribution in [0, 0.1) is 0 Å². The van der Waals surface area contributed by atoms with Crippen molar-refractivity contribution in [1.29, 1.82) is 0 Å². The predicted octanol–water partition coefficient (Wildman–Crippen LogP) is 9.96. The topological polar surface area (TPSA) is 136 Å². The Morgan fingerprint density at radius 1 is 0.500 bits per heavy atom. The number of para-hydroxylation sites is 4. The number of aliphatic imine (C=N–C) groups is 2. The standard InChI is InChI=1S/C48H36N4O6/c1-31-43(47(55)57-37-25-21-33(29-53)22-26-37)45(35-13-5-3-6-14-35)51-41-19-11-12-20-42(41)52-46(36-15-7-4-8-16-36)44(32(2)50-40-18-10-9-17-39(40)49-31)48(56)58-38-27-23-34(30-54)24-28-38/h3-30,49,52H,1-2H3/b43-31+,46-44+,50-32?,51-45?. The van der Waals surface area contributed by atoms with Crippen LogP contribution < -0.4 is 20.1 Å². The Hall–Kier alpha value is -7.98. The average molecular weight is 765 g/mol. The minimum absolute atomic E-state index is 0.136. The zero-order valence-corrected chi connectivity index (χ0v) is 31.5. The SMILES string of the molecule is CC1=Nc2ccccc2N/C(C)=C(/C(=O)Oc2ccc(C=O)cc2)C(c2ccccc2)=Nc2ccccc2N/C(c2ccccc2)=C\1C(=O)Oc1ccc(C=O)cc1. The molecule has 0 spiro atoms. The minimum Gasteiger partial charge on any atom is -0.423 e. The molecule has 2 N–H and O–H groups in total. The van der Waals surface area contributed by atoms with Crippen molar-refractivity contribution >= 4 is 64.4 Å². The lowest BCUT2D eigenvalue weighted by molar-refractivity contribution is -0.130. The third-order valence-electron chi connectivity index (χ3n) is 9.11. The van der Waals surface area contributed by atoms with Gasteiger partial charge in [0.1, 0.15) is 35.2 Å². The van der Waals surface area contributed by atoms with Gasteiger partial charge in [0.2, 0.25) is 0 Å². The molecule has 0 amide bonds. The molecule has 10 heteroatoms. The third kappa shape index (κ3) is 8.77. The highest BCUT2D eigenvalue weighted by molar-refractivity contribution is 6.29. The van der Waals surface area contributed by atoms with Crippen LogP contribution in [0.1, 0.15) is 45.7 Å². The first kappa shape index (κ1) is 38.3. The van der Waals surface area contributed by atoms with Crippen molar-refractivity contribution in [2.24, 2.45) is 9.98 Å². The van der Waals surface area contributed by atoms with Gasteiger partial charge in [-0.15, -0.1) is 0 Å². The smallest absolute Gasteiger partial charge is 0.347 e. The van der Waals surface area contributed by atoms with Gasteiger partial charge >= 0.3 is 11.9 Å². The largest absolute Gasteiger partial charge is 0.423 e. The highest BCUT2D eigenvalue weighted by Gasteiger charge is 2.27. The van der Waals surface area contributed by atoms with Gasteiger partial charge in [0.15, 0.2) is 0 Å². The number of anilines is 2. The molecule has 0 radical (unpaired) electrons. The average Bonchev–Trinajstić information content (AvgIpc) is 3.25. The zero-order valence-electron chi connectivity index (χ0n) is 31.5. The summed E-state index contributed by atoms with van der Waals surface area (Å²) in [6.45, 7) is 3.47. The summed E-state index contributed by atoms with van der Waals surface area (Å²) >= 11 is 0. The molecule has 0 saturated carbocycles. The molecule has 0 bridgehead atoms. The predicted molar refractivity (Wildman–Crippen MR) is 227 cm³/mol. The van der Waals surface area contributed by atoms with Crippen molar-refractivity contribution in [3.8, 4) is 11.5 Å². The van der Waals surface area contributed by atoms with Gasteiger partial charge in [0.05, 0.1) is 39.9 Å². The minimum atomic E-state index is -0.697. The van der Waals surface area contributed by atoms with E-state index in [2.05, 4.69) is 10.6 Å². The molecule has 7 rings (SSSR count). The van der Waals surface area contributed by atoms with Gasteiger partial charge in [-0.2, -0.15) is 0 Å². The Bertz CT molecular complexity index is 2630. The van der Waals surface area contributed by atoms with Crippen LogP contribution in [-0.2, 0) is 9.59 Å². The van der Waals surface area contributed by atoms with E-state index in [4.69, 9.17) is 19.5 Å². The molecule has 58 heavy (non-hydrogen) atoms. The van der Waals surface area contributed by atoms with Gasteiger partial charge in [-0.1, -0.05) is 84.9 Å². The Morgan fingerprint density at radius 3 is 1.48 bits per heavy atom. The summed E-state index contributed by atoms with van der Waals surface area (Å²) < 4.78 is 11.9. The lowest BCUT2D eigenvalue weighted by atomic mass is 9.99. The molecule has 10 nitrogen and oxygen atoms in total. The maximum absolute atomic E-state index is 14.5. The number of nitrogens with zero attached hydrogens (tertiary/aromatic N) is 2. The van der Waals surface area contributed by atoms with Crippen LogP contribution in [0.15, 0.2) is 185 Å². The maximum atomic E-state index is 14.5. The molecule has 6 aromatic rings. The highest BCUT2D eigenvalue weighted by Crippen LogP contribution is 2.35. The molecular formula is C48H36N4O6. The molecule has 1 aliphatic heterocycles. The van der Waals surface area contributed by atoms with E-state index < -0.39 is 11.9 Å². The van der Waals surface area contributed by atoms with Crippen LogP contribution in [0.5, 0.6) is 11.5 Å². The van der Waals surface area contributed by atoms with Gasteiger partial charge in [-0.3, -0.25) is 14.6 Å². The Labute approximate surface area is 334 Å². The Morgan fingerprint density at radius 2 is 0.948 bits per heavy atom. The van der Waals surface area contributed by atoms with E-state index in [1.165, 1.54) is 0 Å². The number of allylic oxidation sites excluding steroid dienone is 1. The first-order chi connectivity index (χ1) is 28.3. The summed E-state index contributed by atoms with van der Waals surface area (Å²) in [5.41, 5.74) is 5.75. The van der Waals surface area contributed by atoms with Crippen molar-refractivity contribution in [1.82, 2.24) is 0 Å². The second-order valence-corrected chi connectivity index (χ2v) is 13.1. The second-order valence-electron chi connectivity index (χ2n) is 13.1. The first-order valence-corrected chi connectivity index (χ1v) is 18.3. The summed E-state index contributed by atoms with van der Waals surface area (Å²) in [6.07, 6.45) is 1.43. The number of aldehydes is 2. The van der Waals surface area contributed by atoms with Crippen molar-refractivity contribution in [3.05, 3.63) is 197 Å². The van der Waals surface area contributed by atoms with Crippen LogP contribution in [0.4, 0.5) is 22.7 Å². The van der Waals surface area contributed by atoms with E-state index in [1.807, 2.05) is 97.1 Å². The molecular weight excluding hydrogens is 729 g/mol. The molecule has 1 aliphatic rings. The lowest BCUT2D eigenvalue weighted by Crippen LogP contribution is -2.23. The number of ether oxygens (including phenoxy) is 2. The van der Waals surface area contributed by atoms with Crippen LogP contribution in [-0.4, -0.2) is 35.9 Å². The number of fused-ring (bicyclic) bond motifs is 2. The fourth-order valence-corrected chi connectivity index (χ4v) is 6.26. The van der Waals surface area contributed by atoms with Gasteiger partial charge in [0.25, 0.3) is 0 Å². The van der Waals surface area contributed by atoms with Crippen molar-refractivity contribution < 1.29 is 28.7 Å². The molecule has 0 aliphatic carbocycles. The summed E-state index contributed by atoms with van der Waals surface area (Å²) in [5.74, 6) is -0.918. The number of carbonyl (C=O) groups is 4. The van der Waals surface area contributed by atoms with E-state index in [0.29, 0.717) is 80.4 Å². The van der Waals surface area contributed by atoms with E-state index in [9.17, 15) is 19.2 Å². The number of nitrogens with one attached hydrogen (secondary N) is 2. The Balaban J connectivity index is 1.48. The van der Waals surface area contributed by atoms with E-state index in [0.717, 1.165) is 0 Å². The van der Waals surface area contributed by atoms with Gasteiger partial charge in [-0.05, 0) is 92.2 Å². The van der Waals surface area contributed by atoms with Crippen LogP contribution in [0.2, 0.25) is 0 Å². The number of rotatable bonds is 8. The summed E-state index contributed by atoms with van der Waals surface area (Å²) in [6, 6.07) is 45.6. The van der Waals surface area contributed by atoms with Crippen LogP contribution in [0.25, 0.3) is 5.70 Å². The molecule has 284 valence electrons. The first-order valence-electron chi connectivity index (χ1n) is 18.3. The van der Waals surface area contributed by atoms with Crippen molar-refractivity contribution in [2.45, 2.75) is 13.8 Å². The maximum Gasteiger partial charge on any atom is 0.347 e. The monoisotopic (exact) mass is 764 g/mol. The fourth-order valence-electron chi connectivity index (χ4n) is 6.26. The van der Waals surface area contributed by atoms with Gasteiger partial charge in [-0.25, -0.2) is 14.6 Å². The zero-order chi connectivity index (χ0) is 40.4. The molecule has 0 saturated heterocycles. The summed E-state index contributed by atoms with van der Waals surface area (Å²) in [5, 5.41) is 6.90. The van der Waals surface area contributed by atoms with E-state index in [1.54, 1.807) is 74.5 Å². The number of hydrogen-bond donors (Lipinski definition) is 2. The normalized spacial score (nSPS) is 15.4. The Kier molecular flexibility index (Phi) is 11.7. The third-order valence-corrected chi connectivity index (χ3v) is 9.11. The second kappa shape index (κ2) is 17.7. The molecule has 0 fully saturated rings. The number of carbonyl (C=O) groups excluding carboxylic acids is 4. The number of hydrogen-bond acceptors (Lipinski definition) is 10. The van der Waals surface area contributed by atoms with Gasteiger partial charge < -0.3 is 20.1 Å². The summed E-state index contributed by atoms with van der Waals surface area (Å²) in [7, 11) is 0. The van der Waals surface area contributed by atoms with Crippen molar-refractivity contribution in [2.75, 3.05) is 10.6 Å². The quantitative estimate of drug-likeness (QED) is 0.0889. The van der Waals surface area contributed by atoms with Crippen LogP contribution in [0.3, 0.4) is 0 Å². The number of esters is 2. The van der Waals surface area contributed by atoms with E-state index in [-0.39, 0.29) is 22.6 Å². The fraction of sp³-hybridized carbons (Fsp3) is 0.0417. The molecule has 0 aromatic heterocycles. The molecule has 0 atom stereocenters. The molecule has 0 unspecified atom stereocenters. The molecule has 1 heterocycles. The summed E-state index contributed by atoms with van der Waals surface area (Å²) in [4.78, 5) is 61.8. The highest BCUT2D eigenvalue weighted by atomic mass is 16.5.